The van der Waals surface area contributed by atoms with Gasteiger partial charge in [-0.1, -0.05) is 48.5 Å². The summed E-state index contributed by atoms with van der Waals surface area (Å²) in [5, 5.41) is 0. The Balaban J connectivity index is 1.36. The van der Waals surface area contributed by atoms with Crippen molar-refractivity contribution in [1.82, 2.24) is 4.90 Å². The van der Waals surface area contributed by atoms with E-state index in [1.165, 1.54) is 37.9 Å². The average molecular weight is 323 g/mol. The predicted molar refractivity (Wildman–Crippen MR) is 100 cm³/mol. The Labute approximate surface area is 146 Å². The number of piperidine rings is 1. The Kier molecular flexibility index (Phi) is 6.31. The maximum atomic E-state index is 5.84. The first kappa shape index (κ1) is 17.0. The van der Waals surface area contributed by atoms with Crippen LogP contribution >= 0.6 is 0 Å². The molecule has 0 amide bonds. The van der Waals surface area contributed by atoms with Crippen LogP contribution < -0.4 is 4.74 Å². The van der Waals surface area contributed by atoms with Crippen LogP contribution in [0.2, 0.25) is 0 Å². The molecule has 0 spiro atoms. The predicted octanol–water partition coefficient (Wildman–Crippen LogP) is 4.80. The van der Waals surface area contributed by atoms with Crippen LogP contribution in [0.25, 0.3) is 0 Å². The van der Waals surface area contributed by atoms with Gasteiger partial charge in [-0.25, -0.2) is 0 Å². The quantitative estimate of drug-likeness (QED) is 0.726. The summed E-state index contributed by atoms with van der Waals surface area (Å²) in [6.07, 6.45) is 4.97. The first-order valence-corrected chi connectivity index (χ1v) is 9.27. The summed E-state index contributed by atoms with van der Waals surface area (Å²) in [5.74, 6) is 1.82. The number of ether oxygens (including phenoxy) is 1. The van der Waals surface area contributed by atoms with Gasteiger partial charge in [0, 0.05) is 6.04 Å². The van der Waals surface area contributed by atoms with Gasteiger partial charge in [0.2, 0.25) is 0 Å². The van der Waals surface area contributed by atoms with E-state index in [9.17, 15) is 0 Å². The minimum absolute atomic E-state index is 0.603. The zero-order valence-electron chi connectivity index (χ0n) is 14.7. The van der Waals surface area contributed by atoms with Gasteiger partial charge in [-0.3, -0.25) is 0 Å². The molecule has 1 heterocycles. The molecule has 2 nitrogen and oxygen atoms in total. The third-order valence-electron chi connectivity index (χ3n) is 5.19. The van der Waals surface area contributed by atoms with Crippen molar-refractivity contribution in [1.29, 1.82) is 0 Å². The summed E-state index contributed by atoms with van der Waals surface area (Å²) in [5.41, 5.74) is 1.49. The Bertz CT molecular complexity index is 575. The van der Waals surface area contributed by atoms with E-state index in [-0.39, 0.29) is 0 Å². The molecule has 1 aliphatic heterocycles. The van der Waals surface area contributed by atoms with Crippen molar-refractivity contribution in [3.05, 3.63) is 66.2 Å². The van der Waals surface area contributed by atoms with Crippen molar-refractivity contribution in [3.8, 4) is 5.75 Å². The zero-order chi connectivity index (χ0) is 16.6. The highest BCUT2D eigenvalue weighted by molar-refractivity contribution is 5.20. The van der Waals surface area contributed by atoms with Crippen molar-refractivity contribution in [2.24, 2.45) is 5.92 Å². The van der Waals surface area contributed by atoms with Gasteiger partial charge in [0.05, 0.1) is 6.61 Å². The van der Waals surface area contributed by atoms with E-state index in [1.54, 1.807) is 0 Å². The molecule has 0 bridgehead atoms. The molecule has 1 aliphatic rings. The molecule has 2 aromatic carbocycles. The second-order valence-electron chi connectivity index (χ2n) is 6.97. The Morgan fingerprint density at radius 2 is 1.58 bits per heavy atom. The van der Waals surface area contributed by atoms with Gasteiger partial charge >= 0.3 is 0 Å². The molecule has 0 saturated carbocycles. The summed E-state index contributed by atoms with van der Waals surface area (Å²) >= 11 is 0. The fourth-order valence-corrected chi connectivity index (χ4v) is 3.59. The molecular formula is C22H29NO. The fraction of sp³-hybridized carbons (Fsp3) is 0.455. The lowest BCUT2D eigenvalue weighted by Crippen LogP contribution is -2.41. The number of likely N-dealkylation sites (tertiary alicyclic amines) is 1. The van der Waals surface area contributed by atoms with E-state index < -0.39 is 0 Å². The van der Waals surface area contributed by atoms with E-state index in [0.29, 0.717) is 6.04 Å². The maximum absolute atomic E-state index is 5.84. The lowest BCUT2D eigenvalue weighted by molar-refractivity contribution is 0.123. The monoisotopic (exact) mass is 323 g/mol. The van der Waals surface area contributed by atoms with E-state index in [2.05, 4.69) is 42.2 Å². The average Bonchev–Trinajstić information content (AvgIpc) is 2.64. The van der Waals surface area contributed by atoms with Crippen molar-refractivity contribution < 1.29 is 4.74 Å². The van der Waals surface area contributed by atoms with Crippen LogP contribution in [-0.2, 0) is 6.42 Å². The van der Waals surface area contributed by atoms with Crippen LogP contribution in [0.1, 0.15) is 31.7 Å². The maximum Gasteiger partial charge on any atom is 0.119 e. The Morgan fingerprint density at radius 1 is 0.958 bits per heavy atom. The van der Waals surface area contributed by atoms with Crippen molar-refractivity contribution in [2.45, 2.75) is 38.6 Å². The number of benzene rings is 2. The number of hydrogen-bond acceptors (Lipinski definition) is 2. The highest BCUT2D eigenvalue weighted by Crippen LogP contribution is 2.23. The van der Waals surface area contributed by atoms with Crippen LogP contribution in [0.5, 0.6) is 5.75 Å². The largest absolute Gasteiger partial charge is 0.494 e. The summed E-state index contributed by atoms with van der Waals surface area (Å²) < 4.78 is 5.84. The number of rotatable bonds is 7. The highest BCUT2D eigenvalue weighted by atomic mass is 16.5. The lowest BCUT2D eigenvalue weighted by Gasteiger charge is -2.36. The molecule has 3 rings (SSSR count). The first-order valence-electron chi connectivity index (χ1n) is 9.27. The normalized spacial score (nSPS) is 17.5. The third-order valence-corrected chi connectivity index (χ3v) is 5.19. The van der Waals surface area contributed by atoms with Crippen molar-refractivity contribution >= 4 is 0 Å². The smallest absolute Gasteiger partial charge is 0.119 e. The lowest BCUT2D eigenvalue weighted by atomic mass is 9.89. The Hall–Kier alpha value is -1.80. The minimum atomic E-state index is 0.603. The summed E-state index contributed by atoms with van der Waals surface area (Å²) in [4.78, 5) is 2.63. The highest BCUT2D eigenvalue weighted by Gasteiger charge is 2.22. The second-order valence-corrected chi connectivity index (χ2v) is 6.97. The van der Waals surface area contributed by atoms with Crippen LogP contribution in [0.4, 0.5) is 0 Å². The molecule has 1 atom stereocenters. The summed E-state index contributed by atoms with van der Waals surface area (Å²) in [6, 6.07) is 21.7. The number of para-hydroxylation sites is 1. The molecule has 24 heavy (non-hydrogen) atoms. The zero-order valence-corrected chi connectivity index (χ0v) is 14.7. The molecule has 0 N–H and O–H groups in total. The molecule has 1 saturated heterocycles. The minimum Gasteiger partial charge on any atom is -0.494 e. The van der Waals surface area contributed by atoms with Crippen molar-refractivity contribution in [3.63, 3.8) is 0 Å². The van der Waals surface area contributed by atoms with Crippen LogP contribution in [-0.4, -0.2) is 30.6 Å². The van der Waals surface area contributed by atoms with E-state index in [1.807, 2.05) is 30.3 Å². The third kappa shape index (κ3) is 5.10. The van der Waals surface area contributed by atoms with Crippen molar-refractivity contribution in [2.75, 3.05) is 19.7 Å². The molecular weight excluding hydrogens is 294 g/mol. The van der Waals surface area contributed by atoms with Crippen LogP contribution in [0.3, 0.4) is 0 Å². The standard InChI is InChI=1S/C22H29NO/c1-19(14-17-24-22-10-6-3-7-11-22)23-15-12-21(13-16-23)18-20-8-4-2-5-9-20/h2-11,19,21H,12-18H2,1H3. The van der Waals surface area contributed by atoms with Gasteiger partial charge in [0.25, 0.3) is 0 Å². The molecule has 0 radical (unpaired) electrons. The van der Waals surface area contributed by atoms with Crippen LogP contribution in [0.15, 0.2) is 60.7 Å². The summed E-state index contributed by atoms with van der Waals surface area (Å²) in [6.45, 7) is 5.59. The van der Waals surface area contributed by atoms with Gasteiger partial charge in [0.1, 0.15) is 5.75 Å². The first-order chi connectivity index (χ1) is 11.8. The van der Waals surface area contributed by atoms with E-state index >= 15 is 0 Å². The molecule has 1 fully saturated rings. The van der Waals surface area contributed by atoms with Gasteiger partial charge in [0.15, 0.2) is 0 Å². The molecule has 1 unspecified atom stereocenters. The summed E-state index contributed by atoms with van der Waals surface area (Å²) in [7, 11) is 0. The molecule has 2 aromatic rings. The van der Waals surface area contributed by atoms with Crippen LogP contribution in [0, 0.1) is 5.92 Å². The number of hydrogen-bond donors (Lipinski definition) is 0. The van der Waals surface area contributed by atoms with Gasteiger partial charge in [-0.2, -0.15) is 0 Å². The Morgan fingerprint density at radius 3 is 2.25 bits per heavy atom. The molecule has 128 valence electrons. The fourth-order valence-electron chi connectivity index (χ4n) is 3.59. The second kappa shape index (κ2) is 8.89. The van der Waals surface area contributed by atoms with E-state index in [0.717, 1.165) is 24.7 Å². The molecule has 0 aromatic heterocycles. The van der Waals surface area contributed by atoms with E-state index in [4.69, 9.17) is 4.74 Å². The topological polar surface area (TPSA) is 12.5 Å². The molecule has 0 aliphatic carbocycles. The van der Waals surface area contributed by atoms with Gasteiger partial charge < -0.3 is 9.64 Å². The molecule has 2 heteroatoms. The van der Waals surface area contributed by atoms with Gasteiger partial charge in [-0.05, 0) is 69.3 Å². The SMILES string of the molecule is CC(CCOc1ccccc1)N1CCC(Cc2ccccc2)CC1. The van der Waals surface area contributed by atoms with Gasteiger partial charge in [-0.15, -0.1) is 0 Å². The number of nitrogens with zero attached hydrogens (tertiary/aromatic N) is 1.